The molecule has 0 spiro atoms. The lowest BCUT2D eigenvalue weighted by Crippen LogP contribution is -2.45. The zero-order chi connectivity index (χ0) is 16.7. The van der Waals surface area contributed by atoms with Crippen molar-refractivity contribution in [2.75, 3.05) is 32.5 Å². The van der Waals surface area contributed by atoms with Gasteiger partial charge in [0.2, 0.25) is 15.9 Å². The average molecular weight is 346 g/mol. The second-order valence-corrected chi connectivity index (χ2v) is 8.72. The molecule has 6 nitrogen and oxygen atoms in total. The Morgan fingerprint density at radius 3 is 2.61 bits per heavy atom. The predicted octanol–water partition coefficient (Wildman–Crippen LogP) is 1.51. The third-order valence-electron chi connectivity index (χ3n) is 4.75. The summed E-state index contributed by atoms with van der Waals surface area (Å²) in [4.78, 5) is 12.2. The van der Waals surface area contributed by atoms with Gasteiger partial charge in [-0.3, -0.25) is 4.79 Å². The fourth-order valence-electron chi connectivity index (χ4n) is 3.37. The van der Waals surface area contributed by atoms with Gasteiger partial charge in [-0.25, -0.2) is 12.7 Å². The molecule has 0 aromatic carbocycles. The minimum atomic E-state index is -3.20. The van der Waals surface area contributed by atoms with E-state index < -0.39 is 10.0 Å². The standard InChI is InChI=1S/C16H30N2O4S/c1-23(20,21)18-11-5-7-14(13-18)16(19)17-10-6-12-22-15-8-3-2-4-9-15/h14-15H,2-13H2,1H3,(H,17,19)/t14-/m0/s1. The van der Waals surface area contributed by atoms with Crippen LogP contribution in [0.3, 0.4) is 0 Å². The lowest BCUT2D eigenvalue weighted by Gasteiger charge is -2.30. The number of hydrogen-bond acceptors (Lipinski definition) is 4. The van der Waals surface area contributed by atoms with Gasteiger partial charge in [0.05, 0.1) is 18.3 Å². The van der Waals surface area contributed by atoms with E-state index >= 15 is 0 Å². The van der Waals surface area contributed by atoms with E-state index in [1.807, 2.05) is 0 Å². The van der Waals surface area contributed by atoms with Crippen LogP contribution in [0.5, 0.6) is 0 Å². The van der Waals surface area contributed by atoms with Crippen LogP contribution in [-0.4, -0.2) is 57.2 Å². The highest BCUT2D eigenvalue weighted by Gasteiger charge is 2.29. The van der Waals surface area contributed by atoms with E-state index in [1.54, 1.807) is 0 Å². The van der Waals surface area contributed by atoms with Crippen molar-refractivity contribution >= 4 is 15.9 Å². The van der Waals surface area contributed by atoms with Crippen molar-refractivity contribution in [2.24, 2.45) is 5.92 Å². The molecule has 1 aliphatic carbocycles. The van der Waals surface area contributed by atoms with Crippen LogP contribution in [0.2, 0.25) is 0 Å². The molecule has 1 aliphatic heterocycles. The van der Waals surface area contributed by atoms with Crippen LogP contribution < -0.4 is 5.32 Å². The number of piperidine rings is 1. The van der Waals surface area contributed by atoms with Crippen molar-refractivity contribution in [3.63, 3.8) is 0 Å². The Labute approximate surface area is 140 Å². The van der Waals surface area contributed by atoms with Gasteiger partial charge in [-0.1, -0.05) is 19.3 Å². The average Bonchev–Trinajstić information content (AvgIpc) is 2.54. The Morgan fingerprint density at radius 1 is 1.17 bits per heavy atom. The molecule has 1 saturated carbocycles. The zero-order valence-corrected chi connectivity index (χ0v) is 14.9. The maximum absolute atomic E-state index is 12.2. The summed E-state index contributed by atoms with van der Waals surface area (Å²) < 4.78 is 30.4. The highest BCUT2D eigenvalue weighted by atomic mass is 32.2. The van der Waals surface area contributed by atoms with E-state index in [-0.39, 0.29) is 11.8 Å². The van der Waals surface area contributed by atoms with Crippen LogP contribution in [0.4, 0.5) is 0 Å². The van der Waals surface area contributed by atoms with Gasteiger partial charge < -0.3 is 10.1 Å². The predicted molar refractivity (Wildman–Crippen MR) is 89.6 cm³/mol. The highest BCUT2D eigenvalue weighted by Crippen LogP contribution is 2.20. The Hall–Kier alpha value is -0.660. The van der Waals surface area contributed by atoms with Crippen molar-refractivity contribution in [2.45, 2.75) is 57.5 Å². The van der Waals surface area contributed by atoms with Crippen LogP contribution in [-0.2, 0) is 19.6 Å². The first-order valence-electron chi connectivity index (χ1n) is 8.81. The first-order chi connectivity index (χ1) is 11.0. The Balaban J connectivity index is 1.60. The van der Waals surface area contributed by atoms with Gasteiger partial charge in [-0.05, 0) is 32.1 Å². The quantitative estimate of drug-likeness (QED) is 0.709. The monoisotopic (exact) mass is 346 g/mol. The molecule has 2 aliphatic rings. The summed E-state index contributed by atoms with van der Waals surface area (Å²) in [5, 5.41) is 2.92. The molecule has 0 bridgehead atoms. The molecule has 0 aromatic rings. The molecule has 1 N–H and O–H groups in total. The minimum Gasteiger partial charge on any atom is -0.378 e. The zero-order valence-electron chi connectivity index (χ0n) is 14.1. The van der Waals surface area contributed by atoms with Gasteiger partial charge >= 0.3 is 0 Å². The van der Waals surface area contributed by atoms with Gasteiger partial charge in [0.1, 0.15) is 0 Å². The van der Waals surface area contributed by atoms with E-state index in [0.717, 1.165) is 32.1 Å². The topological polar surface area (TPSA) is 75.7 Å². The Bertz CT molecular complexity index is 474. The van der Waals surface area contributed by atoms with Crippen LogP contribution in [0, 0.1) is 5.92 Å². The molecule has 2 rings (SSSR count). The van der Waals surface area contributed by atoms with Gasteiger partial charge in [0.15, 0.2) is 0 Å². The fourth-order valence-corrected chi connectivity index (χ4v) is 4.28. The van der Waals surface area contributed by atoms with Crippen molar-refractivity contribution in [3.05, 3.63) is 0 Å². The minimum absolute atomic E-state index is 0.0315. The van der Waals surface area contributed by atoms with Gasteiger partial charge in [0, 0.05) is 26.2 Å². The molecule has 134 valence electrons. The first kappa shape index (κ1) is 18.7. The molecular formula is C16H30N2O4S. The number of amides is 1. The summed E-state index contributed by atoms with van der Waals surface area (Å²) in [5.41, 5.74) is 0. The van der Waals surface area contributed by atoms with Crippen molar-refractivity contribution in [1.82, 2.24) is 9.62 Å². The van der Waals surface area contributed by atoms with E-state index in [9.17, 15) is 13.2 Å². The van der Waals surface area contributed by atoms with Gasteiger partial charge in [-0.15, -0.1) is 0 Å². The molecule has 0 unspecified atom stereocenters. The molecule has 7 heteroatoms. The van der Waals surface area contributed by atoms with E-state index in [0.29, 0.717) is 32.3 Å². The lowest BCUT2D eigenvalue weighted by molar-refractivity contribution is -0.126. The van der Waals surface area contributed by atoms with E-state index in [2.05, 4.69) is 5.32 Å². The smallest absolute Gasteiger partial charge is 0.224 e. The molecule has 0 aromatic heterocycles. The molecule has 1 amide bonds. The molecule has 23 heavy (non-hydrogen) atoms. The van der Waals surface area contributed by atoms with Crippen molar-refractivity contribution < 1.29 is 17.9 Å². The molecular weight excluding hydrogens is 316 g/mol. The summed E-state index contributed by atoms with van der Waals surface area (Å²) in [5.74, 6) is -0.256. The number of rotatable bonds is 7. The fraction of sp³-hybridized carbons (Fsp3) is 0.938. The molecule has 1 heterocycles. The second kappa shape index (κ2) is 8.99. The van der Waals surface area contributed by atoms with Crippen LogP contribution >= 0.6 is 0 Å². The highest BCUT2D eigenvalue weighted by molar-refractivity contribution is 7.88. The van der Waals surface area contributed by atoms with Gasteiger partial charge in [0.25, 0.3) is 0 Å². The van der Waals surface area contributed by atoms with E-state index in [4.69, 9.17) is 4.74 Å². The summed E-state index contributed by atoms with van der Waals surface area (Å²) >= 11 is 0. The summed E-state index contributed by atoms with van der Waals surface area (Å²) in [6.07, 6.45) is 10.1. The Kier molecular flexibility index (Phi) is 7.30. The number of carbonyl (C=O) groups is 1. The van der Waals surface area contributed by atoms with Crippen LogP contribution in [0.1, 0.15) is 51.4 Å². The first-order valence-corrected chi connectivity index (χ1v) is 10.7. The number of hydrogen-bond donors (Lipinski definition) is 1. The lowest BCUT2D eigenvalue weighted by atomic mass is 9.98. The molecule has 1 saturated heterocycles. The van der Waals surface area contributed by atoms with Gasteiger partial charge in [-0.2, -0.15) is 0 Å². The van der Waals surface area contributed by atoms with Crippen molar-refractivity contribution in [3.8, 4) is 0 Å². The van der Waals surface area contributed by atoms with Crippen LogP contribution in [0.25, 0.3) is 0 Å². The van der Waals surface area contributed by atoms with Crippen LogP contribution in [0.15, 0.2) is 0 Å². The molecule has 0 radical (unpaired) electrons. The molecule has 2 fully saturated rings. The SMILES string of the molecule is CS(=O)(=O)N1CCC[C@H](C(=O)NCCCOC2CCCCC2)C1. The third-order valence-corrected chi connectivity index (χ3v) is 6.02. The number of nitrogens with zero attached hydrogens (tertiary/aromatic N) is 1. The normalized spacial score (nSPS) is 24.5. The Morgan fingerprint density at radius 2 is 1.91 bits per heavy atom. The van der Waals surface area contributed by atoms with E-state index in [1.165, 1.54) is 29.8 Å². The number of ether oxygens (including phenoxy) is 1. The summed E-state index contributed by atoms with van der Waals surface area (Å²) in [7, 11) is -3.20. The summed E-state index contributed by atoms with van der Waals surface area (Å²) in [6, 6.07) is 0. The number of nitrogens with one attached hydrogen (secondary N) is 1. The second-order valence-electron chi connectivity index (χ2n) is 6.74. The maximum atomic E-state index is 12.2. The number of carbonyl (C=O) groups excluding carboxylic acids is 1. The van der Waals surface area contributed by atoms with Crippen molar-refractivity contribution in [1.29, 1.82) is 0 Å². The number of sulfonamides is 1. The molecule has 1 atom stereocenters. The summed E-state index contributed by atoms with van der Waals surface area (Å²) in [6.45, 7) is 2.12. The maximum Gasteiger partial charge on any atom is 0.224 e. The third kappa shape index (κ3) is 6.39. The largest absolute Gasteiger partial charge is 0.378 e.